The van der Waals surface area contributed by atoms with Crippen molar-refractivity contribution in [3.8, 4) is 0 Å². The molecule has 1 fully saturated rings. The number of aromatic nitrogens is 1. The summed E-state index contributed by atoms with van der Waals surface area (Å²) in [5, 5.41) is 0. The van der Waals surface area contributed by atoms with Crippen molar-refractivity contribution in [1.29, 1.82) is 0 Å². The van der Waals surface area contributed by atoms with Gasteiger partial charge in [-0.2, -0.15) is 0 Å². The first-order chi connectivity index (χ1) is 9.43. The normalized spacial score (nSPS) is 18.6. The third-order valence-electron chi connectivity index (χ3n) is 3.66. The van der Waals surface area contributed by atoms with Crippen LogP contribution in [0.15, 0.2) is 12.3 Å². The smallest absolute Gasteiger partial charge is 0.310 e. The molecule has 1 atom stereocenters. The number of nitrogen functional groups attached to an aromatic ring is 1. The van der Waals surface area contributed by atoms with Crippen molar-refractivity contribution in [1.82, 2.24) is 9.47 Å². The van der Waals surface area contributed by atoms with Gasteiger partial charge in [0.2, 0.25) is 0 Å². The summed E-state index contributed by atoms with van der Waals surface area (Å²) in [7, 11) is 1.37. The molecule has 0 radical (unpaired) electrons. The molecule has 0 spiro atoms. The summed E-state index contributed by atoms with van der Waals surface area (Å²) in [4.78, 5) is 25.7. The largest absolute Gasteiger partial charge is 0.469 e. The number of hydrogen-bond acceptors (Lipinski definition) is 4. The number of carbonyl (C=O) groups excluding carboxylic acids is 2. The van der Waals surface area contributed by atoms with Gasteiger partial charge >= 0.3 is 5.97 Å². The number of nitrogens with two attached hydrogens (primary N) is 1. The zero-order valence-electron chi connectivity index (χ0n) is 12.1. The van der Waals surface area contributed by atoms with E-state index >= 15 is 0 Å². The molecule has 1 aromatic heterocycles. The molecule has 1 saturated heterocycles. The summed E-state index contributed by atoms with van der Waals surface area (Å²) < 4.78 is 6.60. The number of methoxy groups -OCH3 is 1. The number of anilines is 1. The zero-order chi connectivity index (χ0) is 14.9. The Morgan fingerprint density at radius 1 is 1.45 bits per heavy atom. The fraction of sp³-hybridized carbons (Fsp3) is 0.571. The van der Waals surface area contributed by atoms with E-state index in [0.29, 0.717) is 30.9 Å². The van der Waals surface area contributed by atoms with Crippen molar-refractivity contribution in [2.24, 2.45) is 5.92 Å². The van der Waals surface area contributed by atoms with Crippen molar-refractivity contribution in [3.63, 3.8) is 0 Å². The maximum absolute atomic E-state index is 12.5. The molecule has 2 N–H and O–H groups in total. The Morgan fingerprint density at radius 2 is 2.15 bits per heavy atom. The maximum Gasteiger partial charge on any atom is 0.310 e. The lowest BCUT2D eigenvalue weighted by molar-refractivity contribution is -0.144. The maximum atomic E-state index is 12.5. The highest BCUT2D eigenvalue weighted by atomic mass is 16.5. The van der Waals surface area contributed by atoms with Crippen molar-refractivity contribution >= 4 is 17.6 Å². The van der Waals surface area contributed by atoms with E-state index in [0.717, 1.165) is 0 Å². The lowest BCUT2D eigenvalue weighted by atomic mass is 10.1. The molecule has 0 aromatic carbocycles. The third kappa shape index (κ3) is 2.64. The van der Waals surface area contributed by atoms with Gasteiger partial charge in [0.15, 0.2) is 0 Å². The number of esters is 1. The number of nitrogens with zero attached hydrogens (tertiary/aromatic N) is 2. The Balaban J connectivity index is 2.15. The lowest BCUT2D eigenvalue weighted by Gasteiger charge is -2.19. The monoisotopic (exact) mass is 279 g/mol. The van der Waals surface area contributed by atoms with E-state index < -0.39 is 0 Å². The lowest BCUT2D eigenvalue weighted by Crippen LogP contribution is -2.31. The fourth-order valence-corrected chi connectivity index (χ4v) is 2.57. The minimum Gasteiger partial charge on any atom is -0.469 e. The number of ether oxygens (including phenoxy) is 1. The van der Waals surface area contributed by atoms with Crippen LogP contribution in [0.25, 0.3) is 0 Å². The van der Waals surface area contributed by atoms with Gasteiger partial charge in [0.05, 0.1) is 18.7 Å². The molecule has 2 rings (SSSR count). The van der Waals surface area contributed by atoms with E-state index in [4.69, 9.17) is 10.5 Å². The van der Waals surface area contributed by atoms with Crippen LogP contribution in [0.1, 0.15) is 36.8 Å². The Hall–Kier alpha value is -1.98. The average molecular weight is 279 g/mol. The van der Waals surface area contributed by atoms with Gasteiger partial charge in [0.1, 0.15) is 5.69 Å². The molecule has 6 heteroatoms. The summed E-state index contributed by atoms with van der Waals surface area (Å²) in [6.07, 6.45) is 2.42. The van der Waals surface area contributed by atoms with Crippen molar-refractivity contribution in [2.75, 3.05) is 25.9 Å². The third-order valence-corrected chi connectivity index (χ3v) is 3.66. The second kappa shape index (κ2) is 5.56. The molecule has 0 aliphatic carbocycles. The highest BCUT2D eigenvalue weighted by Gasteiger charge is 2.33. The van der Waals surface area contributed by atoms with Crippen LogP contribution in [-0.4, -0.2) is 41.5 Å². The van der Waals surface area contributed by atoms with Crippen LogP contribution < -0.4 is 5.73 Å². The molecule has 0 bridgehead atoms. The summed E-state index contributed by atoms with van der Waals surface area (Å²) in [6.45, 7) is 4.98. The van der Waals surface area contributed by atoms with Gasteiger partial charge in [-0.3, -0.25) is 9.59 Å². The molecule has 6 nitrogen and oxygen atoms in total. The summed E-state index contributed by atoms with van der Waals surface area (Å²) >= 11 is 0. The van der Waals surface area contributed by atoms with Gasteiger partial charge in [0, 0.05) is 25.3 Å². The first kappa shape index (κ1) is 14.4. The Bertz CT molecular complexity index is 522. The molecular formula is C14H21N3O3. The molecule has 1 aliphatic heterocycles. The topological polar surface area (TPSA) is 77.6 Å². The predicted molar refractivity (Wildman–Crippen MR) is 75.3 cm³/mol. The molecule has 1 aliphatic rings. The van der Waals surface area contributed by atoms with E-state index in [-0.39, 0.29) is 23.8 Å². The van der Waals surface area contributed by atoms with Gasteiger partial charge in [-0.1, -0.05) is 0 Å². The fourth-order valence-electron chi connectivity index (χ4n) is 2.57. The van der Waals surface area contributed by atoms with Crippen LogP contribution in [0, 0.1) is 5.92 Å². The zero-order valence-corrected chi connectivity index (χ0v) is 12.1. The Morgan fingerprint density at radius 3 is 2.75 bits per heavy atom. The van der Waals surface area contributed by atoms with Gasteiger partial charge in [-0.15, -0.1) is 0 Å². The Kier molecular flexibility index (Phi) is 4.01. The van der Waals surface area contributed by atoms with Crippen LogP contribution in [0.2, 0.25) is 0 Å². The number of rotatable bonds is 3. The summed E-state index contributed by atoms with van der Waals surface area (Å²) in [5.74, 6) is -0.551. The number of hydrogen-bond donors (Lipinski definition) is 1. The highest BCUT2D eigenvalue weighted by molar-refractivity contribution is 5.94. The van der Waals surface area contributed by atoms with Crippen molar-refractivity contribution < 1.29 is 14.3 Å². The highest BCUT2D eigenvalue weighted by Crippen LogP contribution is 2.23. The number of likely N-dealkylation sites (tertiary alicyclic amines) is 1. The average Bonchev–Trinajstić information content (AvgIpc) is 3.03. The molecule has 2 heterocycles. The predicted octanol–water partition coefficient (Wildman–Crippen LogP) is 1.29. The van der Waals surface area contributed by atoms with E-state index in [2.05, 4.69) is 0 Å². The quantitative estimate of drug-likeness (QED) is 0.846. The molecular weight excluding hydrogens is 258 g/mol. The first-order valence-corrected chi connectivity index (χ1v) is 6.78. The Labute approximate surface area is 118 Å². The van der Waals surface area contributed by atoms with E-state index in [9.17, 15) is 9.59 Å². The van der Waals surface area contributed by atoms with Gasteiger partial charge < -0.3 is 19.9 Å². The van der Waals surface area contributed by atoms with E-state index in [1.54, 1.807) is 17.2 Å². The molecule has 0 saturated carbocycles. The van der Waals surface area contributed by atoms with Crippen LogP contribution in [0.5, 0.6) is 0 Å². The van der Waals surface area contributed by atoms with Gasteiger partial charge in [-0.05, 0) is 26.3 Å². The molecule has 1 amide bonds. The van der Waals surface area contributed by atoms with E-state index in [1.165, 1.54) is 7.11 Å². The van der Waals surface area contributed by atoms with Gasteiger partial charge in [0.25, 0.3) is 5.91 Å². The van der Waals surface area contributed by atoms with Crippen LogP contribution in [0.4, 0.5) is 5.69 Å². The van der Waals surface area contributed by atoms with Crippen molar-refractivity contribution in [3.05, 3.63) is 18.0 Å². The molecule has 1 aromatic rings. The van der Waals surface area contributed by atoms with Gasteiger partial charge in [-0.25, -0.2) is 0 Å². The first-order valence-electron chi connectivity index (χ1n) is 6.78. The number of carbonyl (C=O) groups is 2. The molecule has 110 valence electrons. The van der Waals surface area contributed by atoms with Crippen molar-refractivity contribution in [2.45, 2.75) is 26.3 Å². The second-order valence-electron chi connectivity index (χ2n) is 5.42. The van der Waals surface area contributed by atoms with Crippen LogP contribution in [0.3, 0.4) is 0 Å². The minimum atomic E-state index is -0.251. The molecule has 20 heavy (non-hydrogen) atoms. The SMILES string of the molecule is COC(=O)C1CCN(C(=O)c2cc(N)cn2C(C)C)C1. The summed E-state index contributed by atoms with van der Waals surface area (Å²) in [6, 6.07) is 1.85. The standard InChI is InChI=1S/C14H21N3O3/c1-9(2)17-8-11(15)6-12(17)13(18)16-5-4-10(7-16)14(19)20-3/h6,8-10H,4-5,7,15H2,1-3H3. The van der Waals surface area contributed by atoms with Crippen LogP contribution >= 0.6 is 0 Å². The molecule has 1 unspecified atom stereocenters. The number of amides is 1. The minimum absolute atomic E-state index is 0.0817. The second-order valence-corrected chi connectivity index (χ2v) is 5.42. The van der Waals surface area contributed by atoms with E-state index in [1.807, 2.05) is 18.4 Å². The summed E-state index contributed by atoms with van der Waals surface area (Å²) in [5.41, 5.74) is 6.93. The van der Waals surface area contributed by atoms with Crippen LogP contribution in [-0.2, 0) is 9.53 Å².